The minimum Gasteiger partial charge on any atom is -0.394 e. The summed E-state index contributed by atoms with van der Waals surface area (Å²) < 4.78 is 6.84. The number of aromatic nitrogens is 1. The van der Waals surface area contributed by atoms with Crippen molar-refractivity contribution in [1.82, 2.24) is 4.57 Å². The number of rotatable bonds is 4. The van der Waals surface area contributed by atoms with Gasteiger partial charge in [0.25, 0.3) is 11.8 Å². The first-order chi connectivity index (χ1) is 8.93. The zero-order chi connectivity index (χ0) is 14.2. The molecule has 0 radical (unpaired) electrons. The van der Waals surface area contributed by atoms with Gasteiger partial charge < -0.3 is 31.0 Å². The molecule has 1 aliphatic rings. The molecule has 6 N–H and O–H groups in total. The average Bonchev–Trinajstić information content (AvgIpc) is 2.91. The van der Waals surface area contributed by atoms with Crippen LogP contribution in [0.4, 0.5) is 0 Å². The quantitative estimate of drug-likeness (QED) is 0.517. The largest absolute Gasteiger partial charge is 0.394 e. The third kappa shape index (κ3) is 2.46. The van der Waals surface area contributed by atoms with E-state index >= 15 is 0 Å². The van der Waals surface area contributed by atoms with Crippen LogP contribution in [0.2, 0.25) is 0 Å². The molecule has 19 heavy (non-hydrogen) atoms. The van der Waals surface area contributed by atoms with Gasteiger partial charge in [0, 0.05) is 18.8 Å². The highest BCUT2D eigenvalue weighted by molar-refractivity contribution is 6.06. The molecule has 104 valence electrons. The van der Waals surface area contributed by atoms with Crippen molar-refractivity contribution in [2.24, 2.45) is 11.5 Å². The molecule has 1 aromatic heterocycles. The number of aliphatic hydroxyl groups is 2. The van der Waals surface area contributed by atoms with Gasteiger partial charge in [-0.3, -0.25) is 9.59 Å². The first-order valence-electron chi connectivity index (χ1n) is 5.69. The number of carbonyl (C=O) groups excluding carboxylic acids is 2. The molecule has 2 heterocycles. The predicted octanol–water partition coefficient (Wildman–Crippen LogP) is -1.67. The second kappa shape index (κ2) is 5.00. The molecule has 1 aliphatic heterocycles. The maximum Gasteiger partial charge on any atom is 0.251 e. The van der Waals surface area contributed by atoms with Gasteiger partial charge in [-0.05, 0) is 0 Å². The van der Waals surface area contributed by atoms with E-state index in [-0.39, 0.29) is 24.2 Å². The van der Waals surface area contributed by atoms with Crippen molar-refractivity contribution in [3.05, 3.63) is 23.5 Å². The topological polar surface area (TPSA) is 141 Å². The lowest BCUT2D eigenvalue weighted by molar-refractivity contribution is -0.0442. The number of amides is 2. The molecular formula is C11H15N3O5. The Balaban J connectivity index is 2.29. The van der Waals surface area contributed by atoms with Gasteiger partial charge >= 0.3 is 0 Å². The van der Waals surface area contributed by atoms with E-state index in [9.17, 15) is 14.7 Å². The zero-order valence-corrected chi connectivity index (χ0v) is 10.0. The Morgan fingerprint density at radius 1 is 1.32 bits per heavy atom. The molecule has 3 atom stereocenters. The average molecular weight is 269 g/mol. The number of nitrogens with zero attached hydrogens (tertiary/aromatic N) is 1. The van der Waals surface area contributed by atoms with E-state index in [0.29, 0.717) is 0 Å². The van der Waals surface area contributed by atoms with Crippen LogP contribution in [0.25, 0.3) is 0 Å². The highest BCUT2D eigenvalue weighted by atomic mass is 16.5. The fourth-order valence-corrected chi connectivity index (χ4v) is 2.10. The standard InChI is InChI=1S/C11H15N3O5/c12-10(17)5-2-14(3-6(5)11(13)18)9-1-7(16)8(4-15)19-9/h2-3,7-9,15-16H,1,4H2,(H2,12,17)(H2,13,18)/t7-,8+,9+/m0/s1. The lowest BCUT2D eigenvalue weighted by Gasteiger charge is -2.13. The summed E-state index contributed by atoms with van der Waals surface area (Å²) in [4.78, 5) is 22.4. The number of primary amides is 2. The Labute approximate surface area is 108 Å². The highest BCUT2D eigenvalue weighted by Gasteiger charge is 2.35. The smallest absolute Gasteiger partial charge is 0.251 e. The van der Waals surface area contributed by atoms with Gasteiger partial charge in [0.15, 0.2) is 0 Å². The van der Waals surface area contributed by atoms with Crippen molar-refractivity contribution in [2.75, 3.05) is 6.61 Å². The molecule has 1 aromatic rings. The van der Waals surface area contributed by atoms with Gasteiger partial charge in [0.05, 0.1) is 23.8 Å². The lowest BCUT2D eigenvalue weighted by atomic mass is 10.2. The Morgan fingerprint density at radius 2 is 1.84 bits per heavy atom. The fraction of sp³-hybridized carbons (Fsp3) is 0.455. The summed E-state index contributed by atoms with van der Waals surface area (Å²) in [6.45, 7) is -0.315. The highest BCUT2D eigenvalue weighted by Crippen LogP contribution is 2.29. The molecule has 1 fully saturated rings. The summed E-state index contributed by atoms with van der Waals surface area (Å²) in [6.07, 6.45) is 0.835. The number of carbonyl (C=O) groups is 2. The van der Waals surface area contributed by atoms with Crippen LogP contribution in [-0.2, 0) is 4.74 Å². The molecule has 2 amide bonds. The van der Waals surface area contributed by atoms with Crippen LogP contribution >= 0.6 is 0 Å². The molecule has 0 bridgehead atoms. The molecule has 0 saturated carbocycles. The van der Waals surface area contributed by atoms with Crippen molar-refractivity contribution in [1.29, 1.82) is 0 Å². The molecule has 0 aliphatic carbocycles. The normalized spacial score (nSPS) is 26.5. The third-order valence-corrected chi connectivity index (χ3v) is 3.09. The molecule has 1 saturated heterocycles. The molecular weight excluding hydrogens is 254 g/mol. The van der Waals surface area contributed by atoms with E-state index in [1.807, 2.05) is 0 Å². The van der Waals surface area contributed by atoms with Crippen LogP contribution in [-0.4, -0.2) is 45.4 Å². The number of ether oxygens (including phenoxy) is 1. The van der Waals surface area contributed by atoms with Crippen LogP contribution in [0.3, 0.4) is 0 Å². The Bertz CT molecular complexity index is 481. The lowest BCUT2D eigenvalue weighted by Crippen LogP contribution is -2.24. The van der Waals surface area contributed by atoms with Crippen LogP contribution in [0.5, 0.6) is 0 Å². The van der Waals surface area contributed by atoms with Crippen LogP contribution < -0.4 is 11.5 Å². The van der Waals surface area contributed by atoms with Crippen molar-refractivity contribution in [2.45, 2.75) is 24.9 Å². The van der Waals surface area contributed by atoms with Crippen LogP contribution in [0.1, 0.15) is 33.4 Å². The number of hydrogen-bond donors (Lipinski definition) is 4. The summed E-state index contributed by atoms with van der Waals surface area (Å²) in [5, 5.41) is 18.6. The molecule has 8 nitrogen and oxygen atoms in total. The summed E-state index contributed by atoms with van der Waals surface area (Å²) in [6, 6.07) is 0. The Hall–Kier alpha value is -1.90. The molecule has 8 heteroatoms. The van der Waals surface area contributed by atoms with Gasteiger partial charge in [0.2, 0.25) is 0 Å². The van der Waals surface area contributed by atoms with Crippen LogP contribution in [0.15, 0.2) is 12.4 Å². The monoisotopic (exact) mass is 269 g/mol. The van der Waals surface area contributed by atoms with Gasteiger partial charge in [-0.15, -0.1) is 0 Å². The van der Waals surface area contributed by atoms with Gasteiger partial charge in [-0.2, -0.15) is 0 Å². The first kappa shape index (κ1) is 13.5. The second-order valence-corrected chi connectivity index (χ2v) is 4.38. The van der Waals surface area contributed by atoms with E-state index in [1.165, 1.54) is 17.0 Å². The number of nitrogens with two attached hydrogens (primary N) is 2. The zero-order valence-electron chi connectivity index (χ0n) is 10.0. The maximum absolute atomic E-state index is 11.2. The first-order valence-corrected chi connectivity index (χ1v) is 5.69. The summed E-state index contributed by atoms with van der Waals surface area (Å²) in [5.41, 5.74) is 10.3. The Morgan fingerprint density at radius 3 is 2.21 bits per heavy atom. The number of aliphatic hydroxyl groups excluding tert-OH is 2. The fourth-order valence-electron chi connectivity index (χ4n) is 2.10. The summed E-state index contributed by atoms with van der Waals surface area (Å²) in [7, 11) is 0. The van der Waals surface area contributed by atoms with Crippen molar-refractivity contribution in [3.8, 4) is 0 Å². The second-order valence-electron chi connectivity index (χ2n) is 4.38. The summed E-state index contributed by atoms with van der Waals surface area (Å²) >= 11 is 0. The van der Waals surface area contributed by atoms with Crippen molar-refractivity contribution < 1.29 is 24.5 Å². The summed E-state index contributed by atoms with van der Waals surface area (Å²) in [5.74, 6) is -1.55. The van der Waals surface area contributed by atoms with E-state index < -0.39 is 30.3 Å². The van der Waals surface area contributed by atoms with Crippen LogP contribution in [0, 0.1) is 0 Å². The molecule has 0 unspecified atom stereocenters. The SMILES string of the molecule is NC(=O)c1cn([C@H]2C[C@H](O)[C@@H](CO)O2)cc1C(N)=O. The van der Waals surface area contributed by atoms with Gasteiger partial charge in [-0.25, -0.2) is 0 Å². The van der Waals surface area contributed by atoms with Crippen molar-refractivity contribution >= 4 is 11.8 Å². The number of hydrogen-bond acceptors (Lipinski definition) is 5. The van der Waals surface area contributed by atoms with Gasteiger partial charge in [-0.1, -0.05) is 0 Å². The minimum absolute atomic E-state index is 0.00182. The van der Waals surface area contributed by atoms with E-state index in [0.717, 1.165) is 0 Å². The van der Waals surface area contributed by atoms with E-state index in [4.69, 9.17) is 21.3 Å². The molecule has 0 spiro atoms. The third-order valence-electron chi connectivity index (χ3n) is 3.09. The van der Waals surface area contributed by atoms with Gasteiger partial charge in [0.1, 0.15) is 12.3 Å². The van der Waals surface area contributed by atoms with E-state index in [1.54, 1.807) is 0 Å². The van der Waals surface area contributed by atoms with Crippen molar-refractivity contribution in [3.63, 3.8) is 0 Å². The Kier molecular flexibility index (Phi) is 3.56. The minimum atomic E-state index is -0.813. The predicted molar refractivity (Wildman–Crippen MR) is 63.1 cm³/mol. The molecule has 0 aromatic carbocycles. The molecule has 2 rings (SSSR count). The van der Waals surface area contributed by atoms with E-state index in [2.05, 4.69) is 0 Å². The maximum atomic E-state index is 11.2.